The van der Waals surface area contributed by atoms with E-state index in [1.54, 1.807) is 17.2 Å². The average Bonchev–Trinajstić information content (AvgIpc) is 2.87. The van der Waals surface area contributed by atoms with E-state index in [0.717, 1.165) is 12.1 Å². The van der Waals surface area contributed by atoms with Crippen molar-refractivity contribution in [1.82, 2.24) is 9.58 Å². The number of carbonyl (C=O) groups is 1. The first-order chi connectivity index (χ1) is 16.0. The van der Waals surface area contributed by atoms with Crippen molar-refractivity contribution in [2.45, 2.75) is 6.54 Å². The number of benzene rings is 2. The molecule has 0 aliphatic carbocycles. The number of rotatable bonds is 0. The molecule has 1 N–H and O–H groups in total. The second-order valence-electron chi connectivity index (χ2n) is 7.34. The fraction of sp³-hybridized carbons (Fsp3) is 0.167. The van der Waals surface area contributed by atoms with Gasteiger partial charge in [0.15, 0.2) is 23.0 Å². The van der Waals surface area contributed by atoms with Gasteiger partial charge in [0.2, 0.25) is 11.2 Å². The normalized spacial score (nSPS) is 15.8. The van der Waals surface area contributed by atoms with E-state index < -0.39 is 28.7 Å². The van der Waals surface area contributed by atoms with Gasteiger partial charge < -0.3 is 14.7 Å². The Kier molecular flexibility index (Phi) is 6.39. The zero-order valence-electron chi connectivity index (χ0n) is 17.5. The van der Waals surface area contributed by atoms with Crippen molar-refractivity contribution in [2.24, 2.45) is 0 Å². The van der Waals surface area contributed by atoms with E-state index in [0.29, 0.717) is 5.56 Å². The monoisotopic (exact) mass is 453 g/mol. The van der Waals surface area contributed by atoms with E-state index in [4.69, 9.17) is 4.74 Å². The summed E-state index contributed by atoms with van der Waals surface area (Å²) in [4.78, 5) is 25.9. The summed E-state index contributed by atoms with van der Waals surface area (Å²) in [6.45, 7) is 0.391. The highest BCUT2D eigenvalue weighted by molar-refractivity contribution is 5.96. The molecule has 2 aliphatic heterocycles. The predicted octanol–water partition coefficient (Wildman–Crippen LogP) is 3.02. The molecule has 2 bridgehead atoms. The molecule has 2 aliphatic rings. The first-order valence-electron chi connectivity index (χ1n) is 10.2. The third-order valence-electron chi connectivity index (χ3n) is 5.15. The Morgan fingerprint density at radius 3 is 2.33 bits per heavy atom. The van der Waals surface area contributed by atoms with Crippen LogP contribution in [0.25, 0.3) is 0 Å². The second-order valence-corrected chi connectivity index (χ2v) is 7.34. The molecule has 1 amide bonds. The van der Waals surface area contributed by atoms with Gasteiger partial charge in [-0.2, -0.15) is 4.39 Å². The van der Waals surface area contributed by atoms with Crippen LogP contribution in [0.3, 0.4) is 0 Å². The molecular formula is C24H21F2N3O4. The number of aromatic hydroxyl groups is 1. The molecule has 3 aromatic rings. The van der Waals surface area contributed by atoms with Crippen molar-refractivity contribution in [3.63, 3.8) is 0 Å². The van der Waals surface area contributed by atoms with Crippen LogP contribution in [-0.2, 0) is 6.54 Å². The van der Waals surface area contributed by atoms with Crippen molar-refractivity contribution in [3.8, 4) is 11.5 Å². The summed E-state index contributed by atoms with van der Waals surface area (Å²) in [6, 6.07) is 15.5. The van der Waals surface area contributed by atoms with Crippen LogP contribution in [0.2, 0.25) is 0 Å². The summed E-state index contributed by atoms with van der Waals surface area (Å²) in [5, 5.41) is 11.7. The molecule has 5 rings (SSSR count). The number of hydrogen-bond acceptors (Lipinski definition) is 5. The van der Waals surface area contributed by atoms with Gasteiger partial charge in [-0.1, -0.05) is 48.5 Å². The lowest BCUT2D eigenvalue weighted by atomic mass is 10.1. The van der Waals surface area contributed by atoms with Crippen LogP contribution in [0.4, 0.5) is 8.78 Å². The van der Waals surface area contributed by atoms with Crippen molar-refractivity contribution in [3.05, 3.63) is 106 Å². The summed E-state index contributed by atoms with van der Waals surface area (Å²) in [5.41, 5.74) is -0.484. The average molecular weight is 453 g/mol. The van der Waals surface area contributed by atoms with Crippen LogP contribution in [0, 0.1) is 11.6 Å². The lowest BCUT2D eigenvalue weighted by Crippen LogP contribution is -2.53. The fourth-order valence-electron chi connectivity index (χ4n) is 3.53. The molecular weight excluding hydrogens is 432 g/mol. The second kappa shape index (κ2) is 9.56. The number of hydrogen-bond donors (Lipinski definition) is 1. The number of carbonyl (C=O) groups excluding carboxylic acids is 1. The van der Waals surface area contributed by atoms with Gasteiger partial charge in [0, 0.05) is 24.4 Å². The molecule has 0 saturated carbocycles. The number of amides is 1. The van der Waals surface area contributed by atoms with E-state index in [-0.39, 0.29) is 37.8 Å². The highest BCUT2D eigenvalue weighted by Crippen LogP contribution is 2.28. The molecule has 0 unspecified atom stereocenters. The number of nitrogens with zero attached hydrogens (tertiary/aromatic N) is 3. The van der Waals surface area contributed by atoms with Crippen molar-refractivity contribution in [1.29, 1.82) is 0 Å². The summed E-state index contributed by atoms with van der Waals surface area (Å²) < 4.78 is 34.6. The molecule has 0 atom stereocenters. The van der Waals surface area contributed by atoms with Gasteiger partial charge >= 0.3 is 0 Å². The Hall–Kier alpha value is -4.14. The van der Waals surface area contributed by atoms with Gasteiger partial charge in [0.1, 0.15) is 13.3 Å². The minimum absolute atomic E-state index is 0.00541. The first-order valence-corrected chi connectivity index (χ1v) is 10.2. The van der Waals surface area contributed by atoms with Crippen molar-refractivity contribution in [2.75, 3.05) is 24.8 Å². The Balaban J connectivity index is 0.000000376. The van der Waals surface area contributed by atoms with E-state index in [1.807, 2.05) is 36.4 Å². The standard InChI is InChI=1S/C18H15F2N3O4.C6H6/c19-12-4-3-11-9-22-10-21(6-1-2-8-27-17(11)14(12)20)18(26)15-16(25)13(24)5-7-23(15)22;1-2-4-6-5-3-1/h1-5,7,25H,6,8-10H2;1-6H/b2-1-;. The highest BCUT2D eigenvalue weighted by atomic mass is 19.2. The molecule has 0 saturated heterocycles. The summed E-state index contributed by atoms with van der Waals surface area (Å²) in [6.07, 6.45) is 4.60. The number of fused-ring (bicyclic) bond motifs is 5. The van der Waals surface area contributed by atoms with Crippen LogP contribution in [0.5, 0.6) is 11.5 Å². The Labute approximate surface area is 188 Å². The van der Waals surface area contributed by atoms with Gasteiger partial charge in [-0.15, -0.1) is 0 Å². The molecule has 0 spiro atoms. The Morgan fingerprint density at radius 1 is 0.939 bits per heavy atom. The predicted molar refractivity (Wildman–Crippen MR) is 118 cm³/mol. The van der Waals surface area contributed by atoms with E-state index >= 15 is 0 Å². The van der Waals surface area contributed by atoms with Gasteiger partial charge in [-0.25, -0.2) is 4.39 Å². The maximum absolute atomic E-state index is 14.2. The Morgan fingerprint density at radius 2 is 1.64 bits per heavy atom. The zero-order chi connectivity index (χ0) is 23.4. The lowest BCUT2D eigenvalue weighted by molar-refractivity contribution is 0.0706. The number of aromatic nitrogens is 1. The number of pyridine rings is 1. The zero-order valence-corrected chi connectivity index (χ0v) is 17.5. The molecule has 3 heterocycles. The molecule has 7 nitrogen and oxygen atoms in total. The van der Waals surface area contributed by atoms with Gasteiger partial charge in [0.25, 0.3) is 5.91 Å². The minimum Gasteiger partial charge on any atom is -0.502 e. The molecule has 0 fully saturated rings. The van der Waals surface area contributed by atoms with Gasteiger partial charge in [-0.3, -0.25) is 19.3 Å². The first kappa shape index (κ1) is 22.1. The highest BCUT2D eigenvalue weighted by Gasteiger charge is 2.32. The van der Waals surface area contributed by atoms with E-state index in [9.17, 15) is 23.5 Å². The molecule has 9 heteroatoms. The minimum atomic E-state index is -1.09. The Bertz CT molecular complexity index is 1220. The third-order valence-corrected chi connectivity index (χ3v) is 5.15. The maximum Gasteiger partial charge on any atom is 0.278 e. The smallest absolute Gasteiger partial charge is 0.278 e. The molecule has 0 radical (unpaired) electrons. The quantitative estimate of drug-likeness (QED) is 0.530. The topological polar surface area (TPSA) is 75.0 Å². The van der Waals surface area contributed by atoms with Gasteiger partial charge in [0.05, 0.1) is 6.54 Å². The number of halogens is 2. The van der Waals surface area contributed by atoms with Crippen molar-refractivity contribution < 1.29 is 23.4 Å². The molecule has 170 valence electrons. The SMILES string of the molecule is O=C1c2c(O)c(=O)ccn2N2Cc3ccc(F)c(F)c3OC/C=C\CN1C2.c1ccccc1. The van der Waals surface area contributed by atoms with Gasteiger partial charge in [-0.05, 0) is 12.1 Å². The van der Waals surface area contributed by atoms with Crippen LogP contribution in [0.1, 0.15) is 16.1 Å². The van der Waals surface area contributed by atoms with E-state index in [1.165, 1.54) is 21.8 Å². The van der Waals surface area contributed by atoms with Crippen LogP contribution in [0.15, 0.2) is 77.7 Å². The summed E-state index contributed by atoms with van der Waals surface area (Å²) in [7, 11) is 0. The maximum atomic E-state index is 14.2. The lowest BCUT2D eigenvalue weighted by Gasteiger charge is -2.39. The summed E-state index contributed by atoms with van der Waals surface area (Å²) >= 11 is 0. The molecule has 1 aromatic heterocycles. The summed E-state index contributed by atoms with van der Waals surface area (Å²) in [5.74, 6) is -3.48. The molecule has 33 heavy (non-hydrogen) atoms. The van der Waals surface area contributed by atoms with Crippen LogP contribution >= 0.6 is 0 Å². The number of ether oxygens (including phenoxy) is 1. The largest absolute Gasteiger partial charge is 0.502 e. The third kappa shape index (κ3) is 4.57. The van der Waals surface area contributed by atoms with E-state index in [2.05, 4.69) is 0 Å². The fourth-order valence-corrected chi connectivity index (χ4v) is 3.53. The van der Waals surface area contributed by atoms with Crippen molar-refractivity contribution >= 4 is 5.91 Å². The molecule has 2 aromatic carbocycles. The van der Waals surface area contributed by atoms with Crippen LogP contribution < -0.4 is 15.2 Å². The van der Waals surface area contributed by atoms with Crippen LogP contribution in [-0.4, -0.2) is 40.4 Å².